The van der Waals surface area contributed by atoms with Gasteiger partial charge in [0.1, 0.15) is 0 Å². The molecule has 0 N–H and O–H groups in total. The molecule has 3 rings (SSSR count). The highest BCUT2D eigenvalue weighted by Crippen LogP contribution is 2.14. The Morgan fingerprint density at radius 3 is 2.52 bits per heavy atom. The standard InChI is InChI=1S/C17H22N4O2/c1-14(17(22)20-12-10-19(2)11-13-20)23-16-8-9-21(18-16)15-6-4-3-5-7-15/h3-9,14H,10-13H2,1-2H3/t14-/m1/s1. The normalized spacial score (nSPS) is 17.0. The molecule has 1 atom stereocenters. The van der Waals surface area contributed by atoms with Crippen LogP contribution in [0.2, 0.25) is 0 Å². The minimum absolute atomic E-state index is 0.0207. The van der Waals surface area contributed by atoms with Crippen LogP contribution in [0.1, 0.15) is 6.92 Å². The monoisotopic (exact) mass is 314 g/mol. The third-order valence-electron chi connectivity index (χ3n) is 4.05. The van der Waals surface area contributed by atoms with Crippen LogP contribution in [0.4, 0.5) is 0 Å². The number of aromatic nitrogens is 2. The van der Waals surface area contributed by atoms with Gasteiger partial charge >= 0.3 is 0 Å². The van der Waals surface area contributed by atoms with E-state index >= 15 is 0 Å². The Kier molecular flexibility index (Phi) is 4.62. The largest absolute Gasteiger partial charge is 0.463 e. The number of likely N-dealkylation sites (N-methyl/N-ethyl adjacent to an activating group) is 1. The summed E-state index contributed by atoms with van der Waals surface area (Å²) in [5, 5.41) is 4.38. The third kappa shape index (κ3) is 3.71. The molecular formula is C17H22N4O2. The molecule has 0 radical (unpaired) electrons. The summed E-state index contributed by atoms with van der Waals surface area (Å²) < 4.78 is 7.46. The lowest BCUT2D eigenvalue weighted by Gasteiger charge is -2.33. The average Bonchev–Trinajstić information content (AvgIpc) is 3.04. The molecule has 1 saturated heterocycles. The van der Waals surface area contributed by atoms with Crippen molar-refractivity contribution in [2.45, 2.75) is 13.0 Å². The fraction of sp³-hybridized carbons (Fsp3) is 0.412. The molecule has 1 fully saturated rings. The van der Waals surface area contributed by atoms with Crippen LogP contribution in [0, 0.1) is 0 Å². The molecular weight excluding hydrogens is 292 g/mol. The number of hydrogen-bond donors (Lipinski definition) is 0. The maximum atomic E-state index is 12.4. The maximum absolute atomic E-state index is 12.4. The lowest BCUT2D eigenvalue weighted by atomic mass is 10.2. The molecule has 122 valence electrons. The van der Waals surface area contributed by atoms with E-state index in [1.165, 1.54) is 0 Å². The Morgan fingerprint density at radius 1 is 1.13 bits per heavy atom. The van der Waals surface area contributed by atoms with Crippen LogP contribution in [0.25, 0.3) is 5.69 Å². The molecule has 0 bridgehead atoms. The highest BCUT2D eigenvalue weighted by molar-refractivity contribution is 5.81. The zero-order valence-electron chi connectivity index (χ0n) is 13.6. The van der Waals surface area contributed by atoms with Crippen molar-refractivity contribution in [1.82, 2.24) is 19.6 Å². The van der Waals surface area contributed by atoms with Gasteiger partial charge in [-0.05, 0) is 26.1 Å². The minimum atomic E-state index is -0.530. The van der Waals surface area contributed by atoms with Crippen molar-refractivity contribution in [2.24, 2.45) is 0 Å². The first-order valence-electron chi connectivity index (χ1n) is 7.88. The Balaban J connectivity index is 1.61. The number of benzene rings is 1. The molecule has 6 heteroatoms. The van der Waals surface area contributed by atoms with Gasteiger partial charge in [-0.25, -0.2) is 4.68 Å². The highest BCUT2D eigenvalue weighted by atomic mass is 16.5. The molecule has 6 nitrogen and oxygen atoms in total. The molecule has 0 spiro atoms. The van der Waals surface area contributed by atoms with E-state index in [0.29, 0.717) is 5.88 Å². The van der Waals surface area contributed by atoms with Crippen molar-refractivity contribution in [3.8, 4) is 11.6 Å². The molecule has 1 aromatic carbocycles. The van der Waals surface area contributed by atoms with Gasteiger partial charge in [-0.15, -0.1) is 5.10 Å². The van der Waals surface area contributed by atoms with Crippen molar-refractivity contribution >= 4 is 5.91 Å². The summed E-state index contributed by atoms with van der Waals surface area (Å²) in [4.78, 5) is 16.5. The second-order valence-electron chi connectivity index (χ2n) is 5.82. The number of amides is 1. The molecule has 0 saturated carbocycles. The van der Waals surface area contributed by atoms with Crippen LogP contribution in [-0.4, -0.2) is 64.8 Å². The fourth-order valence-electron chi connectivity index (χ4n) is 2.61. The lowest BCUT2D eigenvalue weighted by Crippen LogP contribution is -2.50. The summed E-state index contributed by atoms with van der Waals surface area (Å²) in [6.07, 6.45) is 1.30. The van der Waals surface area contributed by atoms with Gasteiger partial charge in [-0.2, -0.15) is 0 Å². The van der Waals surface area contributed by atoms with E-state index in [2.05, 4.69) is 17.0 Å². The number of nitrogens with zero attached hydrogens (tertiary/aromatic N) is 4. The minimum Gasteiger partial charge on any atom is -0.463 e. The summed E-state index contributed by atoms with van der Waals surface area (Å²) >= 11 is 0. The van der Waals surface area contributed by atoms with Crippen LogP contribution in [0.5, 0.6) is 5.88 Å². The number of ether oxygens (including phenoxy) is 1. The van der Waals surface area contributed by atoms with E-state index in [-0.39, 0.29) is 5.91 Å². The number of piperazine rings is 1. The van der Waals surface area contributed by atoms with Crippen molar-refractivity contribution in [2.75, 3.05) is 33.2 Å². The zero-order chi connectivity index (χ0) is 16.2. The van der Waals surface area contributed by atoms with E-state index in [1.54, 1.807) is 17.7 Å². The van der Waals surface area contributed by atoms with Gasteiger partial charge in [0, 0.05) is 38.4 Å². The molecule has 1 aliphatic rings. The van der Waals surface area contributed by atoms with Crippen molar-refractivity contribution in [1.29, 1.82) is 0 Å². The third-order valence-corrected chi connectivity index (χ3v) is 4.05. The Labute approximate surface area is 136 Å². The predicted octanol–water partition coefficient (Wildman–Crippen LogP) is 1.41. The van der Waals surface area contributed by atoms with Gasteiger partial charge in [0.25, 0.3) is 5.91 Å². The second-order valence-corrected chi connectivity index (χ2v) is 5.82. The maximum Gasteiger partial charge on any atom is 0.263 e. The van der Waals surface area contributed by atoms with Crippen molar-refractivity contribution in [3.05, 3.63) is 42.6 Å². The van der Waals surface area contributed by atoms with E-state index in [1.807, 2.05) is 41.4 Å². The molecule has 2 heterocycles. The number of rotatable bonds is 4. The van der Waals surface area contributed by atoms with E-state index in [0.717, 1.165) is 31.9 Å². The molecule has 0 aliphatic carbocycles. The summed E-state index contributed by atoms with van der Waals surface area (Å²) in [6.45, 7) is 5.09. The topological polar surface area (TPSA) is 50.6 Å². The highest BCUT2D eigenvalue weighted by Gasteiger charge is 2.25. The Morgan fingerprint density at radius 2 is 1.83 bits per heavy atom. The smallest absolute Gasteiger partial charge is 0.263 e. The van der Waals surface area contributed by atoms with E-state index < -0.39 is 6.10 Å². The van der Waals surface area contributed by atoms with Crippen LogP contribution >= 0.6 is 0 Å². The van der Waals surface area contributed by atoms with Crippen LogP contribution < -0.4 is 4.74 Å². The van der Waals surface area contributed by atoms with Crippen molar-refractivity contribution in [3.63, 3.8) is 0 Å². The summed E-state index contributed by atoms with van der Waals surface area (Å²) in [7, 11) is 2.07. The second kappa shape index (κ2) is 6.83. The van der Waals surface area contributed by atoms with Gasteiger partial charge in [0.05, 0.1) is 5.69 Å². The van der Waals surface area contributed by atoms with Crippen LogP contribution in [0.15, 0.2) is 42.6 Å². The zero-order valence-corrected chi connectivity index (χ0v) is 13.6. The number of para-hydroxylation sites is 1. The summed E-state index contributed by atoms with van der Waals surface area (Å²) in [6, 6.07) is 11.6. The molecule has 1 aliphatic heterocycles. The molecule has 1 aromatic heterocycles. The molecule has 23 heavy (non-hydrogen) atoms. The van der Waals surface area contributed by atoms with Crippen molar-refractivity contribution < 1.29 is 9.53 Å². The molecule has 2 aromatic rings. The van der Waals surface area contributed by atoms with Gasteiger partial charge in [-0.1, -0.05) is 18.2 Å². The van der Waals surface area contributed by atoms with Gasteiger partial charge < -0.3 is 14.5 Å². The van der Waals surface area contributed by atoms with Crippen LogP contribution in [0.3, 0.4) is 0 Å². The number of carbonyl (C=O) groups is 1. The van der Waals surface area contributed by atoms with Gasteiger partial charge in [-0.3, -0.25) is 4.79 Å². The quantitative estimate of drug-likeness (QED) is 0.856. The first-order valence-corrected chi connectivity index (χ1v) is 7.88. The van der Waals surface area contributed by atoms with E-state index in [4.69, 9.17) is 4.74 Å². The van der Waals surface area contributed by atoms with Crippen LogP contribution in [-0.2, 0) is 4.79 Å². The first-order chi connectivity index (χ1) is 11.1. The fourth-order valence-corrected chi connectivity index (χ4v) is 2.61. The molecule has 0 unspecified atom stereocenters. The first kappa shape index (κ1) is 15.6. The van der Waals surface area contributed by atoms with Gasteiger partial charge in [0.2, 0.25) is 5.88 Å². The van der Waals surface area contributed by atoms with E-state index in [9.17, 15) is 4.79 Å². The molecule has 1 amide bonds. The number of hydrogen-bond acceptors (Lipinski definition) is 4. The SMILES string of the molecule is C[C@@H](Oc1ccn(-c2ccccc2)n1)C(=O)N1CCN(C)CC1. The Bertz CT molecular complexity index is 648. The Hall–Kier alpha value is -2.34. The summed E-state index contributed by atoms with van der Waals surface area (Å²) in [5.41, 5.74) is 0.959. The lowest BCUT2D eigenvalue weighted by molar-refractivity contribution is -0.139. The number of carbonyl (C=O) groups excluding carboxylic acids is 1. The predicted molar refractivity (Wildman–Crippen MR) is 87.7 cm³/mol. The summed E-state index contributed by atoms with van der Waals surface area (Å²) in [5.74, 6) is 0.483. The average molecular weight is 314 g/mol. The van der Waals surface area contributed by atoms with Gasteiger partial charge in [0.15, 0.2) is 6.10 Å².